The molecule has 0 radical (unpaired) electrons. The first-order valence-corrected chi connectivity index (χ1v) is 8.60. The molecule has 0 saturated carbocycles. The highest BCUT2D eigenvalue weighted by atomic mass is 79.9. The van der Waals surface area contributed by atoms with Crippen LogP contribution in [0.15, 0.2) is 40.9 Å². The summed E-state index contributed by atoms with van der Waals surface area (Å²) in [7, 11) is 0. The second-order valence-electron chi connectivity index (χ2n) is 4.97. The normalized spacial score (nSPS) is 14.1. The molecule has 2 aromatic carbocycles. The average molecular weight is 419 g/mol. The highest BCUT2D eigenvalue weighted by Crippen LogP contribution is 2.25. The Hall–Kier alpha value is -1.14. The van der Waals surface area contributed by atoms with Crippen molar-refractivity contribution in [1.29, 1.82) is 0 Å². The molecule has 0 bridgehead atoms. The molecule has 0 unspecified atom stereocenters. The molecular weight excluding hydrogens is 401 g/mol. The highest BCUT2D eigenvalue weighted by molar-refractivity contribution is 9.10. The number of nitrogens with zero attached hydrogens (tertiary/aromatic N) is 1. The van der Waals surface area contributed by atoms with E-state index in [4.69, 9.17) is 39.4 Å². The van der Waals surface area contributed by atoms with E-state index in [1.54, 1.807) is 12.1 Å². The summed E-state index contributed by atoms with van der Waals surface area (Å²) >= 11 is 14.7. The zero-order valence-electron chi connectivity index (χ0n) is 12.4. The molecule has 0 amide bonds. The van der Waals surface area contributed by atoms with Crippen LogP contribution in [-0.2, 0) is 4.74 Å². The van der Waals surface area contributed by atoms with Crippen LogP contribution >= 0.6 is 39.1 Å². The van der Waals surface area contributed by atoms with Crippen molar-refractivity contribution >= 4 is 56.2 Å². The summed E-state index contributed by atoms with van der Waals surface area (Å²) in [5, 5.41) is 1.21. The number of nitrogen functional groups attached to an aromatic ring is 2. The molecule has 23 heavy (non-hydrogen) atoms. The highest BCUT2D eigenvalue weighted by Gasteiger charge is 2.11. The SMILES string of the molecule is Nc1cc(Br)ccc1Cl.Nc1cc(N2CCOCC2)ccc1Cl. The second kappa shape index (κ2) is 8.64. The van der Waals surface area contributed by atoms with Crippen LogP contribution in [-0.4, -0.2) is 26.3 Å². The van der Waals surface area contributed by atoms with Crippen LogP contribution in [0.1, 0.15) is 0 Å². The van der Waals surface area contributed by atoms with Crippen LogP contribution in [0.3, 0.4) is 0 Å². The fourth-order valence-electron chi connectivity index (χ4n) is 2.06. The fourth-order valence-corrected chi connectivity index (χ4v) is 2.68. The molecule has 2 aromatic rings. The predicted molar refractivity (Wildman–Crippen MR) is 102 cm³/mol. The van der Waals surface area contributed by atoms with Crippen molar-refractivity contribution in [3.8, 4) is 0 Å². The van der Waals surface area contributed by atoms with E-state index >= 15 is 0 Å². The molecule has 4 N–H and O–H groups in total. The summed E-state index contributed by atoms with van der Waals surface area (Å²) in [5.41, 5.74) is 13.6. The van der Waals surface area contributed by atoms with Gasteiger partial charge in [0, 0.05) is 23.2 Å². The molecule has 0 spiro atoms. The quantitative estimate of drug-likeness (QED) is 0.671. The average Bonchev–Trinajstić information content (AvgIpc) is 2.55. The van der Waals surface area contributed by atoms with Crippen LogP contribution in [0, 0.1) is 0 Å². The topological polar surface area (TPSA) is 64.5 Å². The van der Waals surface area contributed by atoms with E-state index in [1.165, 1.54) is 0 Å². The number of morpholine rings is 1. The number of halogens is 3. The van der Waals surface area contributed by atoms with Gasteiger partial charge in [-0.3, -0.25) is 0 Å². The number of anilines is 3. The van der Waals surface area contributed by atoms with Crippen molar-refractivity contribution in [3.63, 3.8) is 0 Å². The van der Waals surface area contributed by atoms with Crippen molar-refractivity contribution in [1.82, 2.24) is 0 Å². The van der Waals surface area contributed by atoms with Gasteiger partial charge in [-0.2, -0.15) is 0 Å². The van der Waals surface area contributed by atoms with Crippen LogP contribution in [0.4, 0.5) is 17.1 Å². The van der Waals surface area contributed by atoms with Gasteiger partial charge in [-0.05, 0) is 36.4 Å². The minimum Gasteiger partial charge on any atom is -0.397 e. The van der Waals surface area contributed by atoms with E-state index in [2.05, 4.69) is 20.8 Å². The molecule has 1 aliphatic heterocycles. The number of nitrogens with two attached hydrogens (primary N) is 2. The van der Waals surface area contributed by atoms with Gasteiger partial charge < -0.3 is 21.1 Å². The first-order chi connectivity index (χ1) is 11.0. The molecule has 0 atom stereocenters. The van der Waals surface area contributed by atoms with Gasteiger partial charge in [0.05, 0.1) is 34.6 Å². The first-order valence-electron chi connectivity index (χ1n) is 7.05. The Labute approximate surface area is 154 Å². The van der Waals surface area contributed by atoms with Gasteiger partial charge in [0.1, 0.15) is 0 Å². The predicted octanol–water partition coefficient (Wildman–Crippen LogP) is 4.44. The number of rotatable bonds is 1. The standard InChI is InChI=1S/C10H13ClN2O.C6H5BrClN/c11-9-2-1-8(7-10(9)12)13-3-5-14-6-4-13;7-4-1-2-5(8)6(9)3-4/h1-2,7H,3-6,12H2;1-3H,9H2. The van der Waals surface area contributed by atoms with Crippen molar-refractivity contribution in [3.05, 3.63) is 50.9 Å². The maximum absolute atomic E-state index is 5.85. The summed E-state index contributed by atoms with van der Waals surface area (Å²) in [6.07, 6.45) is 0. The Morgan fingerprint density at radius 1 is 0.913 bits per heavy atom. The summed E-state index contributed by atoms with van der Waals surface area (Å²) in [6.45, 7) is 3.40. The Morgan fingerprint density at radius 2 is 1.48 bits per heavy atom. The smallest absolute Gasteiger partial charge is 0.0642 e. The first kappa shape index (κ1) is 18.2. The van der Waals surface area contributed by atoms with Gasteiger partial charge in [-0.1, -0.05) is 39.1 Å². The van der Waals surface area contributed by atoms with Crippen LogP contribution in [0.2, 0.25) is 10.0 Å². The van der Waals surface area contributed by atoms with Gasteiger partial charge in [0.2, 0.25) is 0 Å². The summed E-state index contributed by atoms with van der Waals surface area (Å²) in [5.74, 6) is 0. The molecule has 3 rings (SSSR count). The van der Waals surface area contributed by atoms with E-state index in [0.717, 1.165) is 36.5 Å². The summed E-state index contributed by atoms with van der Waals surface area (Å²) in [6, 6.07) is 11.1. The molecule has 124 valence electrons. The third-order valence-corrected chi connectivity index (χ3v) is 4.50. The van der Waals surface area contributed by atoms with E-state index in [-0.39, 0.29) is 0 Å². The molecule has 0 aliphatic carbocycles. The second-order valence-corrected chi connectivity index (χ2v) is 6.70. The van der Waals surface area contributed by atoms with E-state index in [0.29, 0.717) is 21.4 Å². The Bertz CT molecular complexity index is 664. The third kappa shape index (κ3) is 5.46. The number of hydrogen-bond acceptors (Lipinski definition) is 4. The zero-order valence-corrected chi connectivity index (χ0v) is 15.5. The molecule has 7 heteroatoms. The van der Waals surface area contributed by atoms with Gasteiger partial charge in [0.15, 0.2) is 0 Å². The lowest BCUT2D eigenvalue weighted by Crippen LogP contribution is -2.36. The Balaban J connectivity index is 0.000000185. The monoisotopic (exact) mass is 417 g/mol. The maximum Gasteiger partial charge on any atom is 0.0642 e. The van der Waals surface area contributed by atoms with Crippen LogP contribution in [0.25, 0.3) is 0 Å². The number of hydrogen-bond donors (Lipinski definition) is 2. The minimum absolute atomic E-state index is 0.596. The molecule has 0 aromatic heterocycles. The maximum atomic E-state index is 5.85. The summed E-state index contributed by atoms with van der Waals surface area (Å²) < 4.78 is 6.22. The van der Waals surface area contributed by atoms with Crippen molar-refractivity contribution in [2.24, 2.45) is 0 Å². The molecule has 1 aliphatic rings. The molecule has 1 heterocycles. The van der Waals surface area contributed by atoms with Crippen molar-refractivity contribution in [2.45, 2.75) is 0 Å². The van der Waals surface area contributed by atoms with Crippen LogP contribution < -0.4 is 16.4 Å². The Kier molecular flexibility index (Phi) is 6.84. The van der Waals surface area contributed by atoms with Crippen LogP contribution in [0.5, 0.6) is 0 Å². The van der Waals surface area contributed by atoms with Crippen molar-refractivity contribution < 1.29 is 4.74 Å². The van der Waals surface area contributed by atoms with Gasteiger partial charge in [-0.15, -0.1) is 0 Å². The van der Waals surface area contributed by atoms with Gasteiger partial charge in [-0.25, -0.2) is 0 Å². The van der Waals surface area contributed by atoms with Gasteiger partial charge in [0.25, 0.3) is 0 Å². The fraction of sp³-hybridized carbons (Fsp3) is 0.250. The summed E-state index contributed by atoms with van der Waals surface area (Å²) in [4.78, 5) is 2.25. The van der Waals surface area contributed by atoms with E-state index < -0.39 is 0 Å². The Morgan fingerprint density at radius 3 is 2.00 bits per heavy atom. The van der Waals surface area contributed by atoms with E-state index in [9.17, 15) is 0 Å². The lowest BCUT2D eigenvalue weighted by molar-refractivity contribution is 0.122. The lowest BCUT2D eigenvalue weighted by Gasteiger charge is -2.29. The number of ether oxygens (including phenoxy) is 1. The molecule has 1 fully saturated rings. The third-order valence-electron chi connectivity index (χ3n) is 3.31. The molecular formula is C16H18BrCl2N3O. The zero-order chi connectivity index (χ0) is 16.8. The van der Waals surface area contributed by atoms with E-state index in [1.807, 2.05) is 24.3 Å². The molecule has 4 nitrogen and oxygen atoms in total. The minimum atomic E-state index is 0.596. The van der Waals surface area contributed by atoms with Crippen molar-refractivity contribution in [2.75, 3.05) is 42.7 Å². The lowest BCUT2D eigenvalue weighted by atomic mass is 10.2. The number of benzene rings is 2. The largest absolute Gasteiger partial charge is 0.397 e. The van der Waals surface area contributed by atoms with Gasteiger partial charge >= 0.3 is 0 Å². The molecule has 1 saturated heterocycles.